The molecule has 2 nitrogen and oxygen atoms in total. The molecule has 0 amide bonds. The predicted octanol–water partition coefficient (Wildman–Crippen LogP) is 2.42. The molecule has 17 heavy (non-hydrogen) atoms. The van der Waals surface area contributed by atoms with Gasteiger partial charge in [0.15, 0.2) is 0 Å². The summed E-state index contributed by atoms with van der Waals surface area (Å²) in [6, 6.07) is 0. The molecule has 0 unspecified atom stereocenters. The van der Waals surface area contributed by atoms with E-state index in [2.05, 4.69) is 26.0 Å². The van der Waals surface area contributed by atoms with E-state index in [1.807, 2.05) is 6.92 Å². The minimum Gasteiger partial charge on any atom is -0.395 e. The number of hydrogen-bond acceptors (Lipinski definition) is 2. The largest absolute Gasteiger partial charge is 0.395 e. The Morgan fingerprint density at radius 2 is 2.00 bits per heavy atom. The Morgan fingerprint density at radius 1 is 1.35 bits per heavy atom. The Hall–Kier alpha value is -0.600. The normalized spacial score (nSPS) is 46.5. The fourth-order valence-corrected chi connectivity index (χ4v) is 4.07. The van der Waals surface area contributed by atoms with Crippen LogP contribution in [0.25, 0.3) is 0 Å². The third-order valence-corrected chi connectivity index (χ3v) is 5.48. The van der Waals surface area contributed by atoms with Crippen LogP contribution in [0.3, 0.4) is 0 Å². The minimum atomic E-state index is -0.634. The van der Waals surface area contributed by atoms with Crippen LogP contribution in [0.5, 0.6) is 0 Å². The topological polar surface area (TPSA) is 40.5 Å². The van der Waals surface area contributed by atoms with Crippen molar-refractivity contribution < 1.29 is 10.2 Å². The second kappa shape index (κ2) is 3.04. The first kappa shape index (κ1) is 11.5. The van der Waals surface area contributed by atoms with Crippen molar-refractivity contribution >= 4 is 0 Å². The standard InChI is InChI=1S/C15H22O2/c1-10-6-11-7-13(2,9-16)8-12(11)14(3,17)15(10)4-5-15/h6-7,12,16-17H,4-5,8-9H2,1-3H3/t12-,13+,14+/m0/s1. The van der Waals surface area contributed by atoms with Crippen molar-refractivity contribution in [3.05, 3.63) is 23.3 Å². The summed E-state index contributed by atoms with van der Waals surface area (Å²) in [7, 11) is 0. The number of aliphatic hydroxyl groups excluding tert-OH is 1. The summed E-state index contributed by atoms with van der Waals surface area (Å²) in [6.07, 6.45) is 7.53. The molecule has 0 saturated heterocycles. The molecular formula is C15H22O2. The average Bonchev–Trinajstić information content (AvgIpc) is 2.99. The average molecular weight is 234 g/mol. The van der Waals surface area contributed by atoms with Crippen LogP contribution < -0.4 is 0 Å². The molecule has 2 heteroatoms. The first-order valence-electron chi connectivity index (χ1n) is 6.59. The molecule has 0 aromatic rings. The Kier molecular flexibility index (Phi) is 2.06. The smallest absolute Gasteiger partial charge is 0.0781 e. The summed E-state index contributed by atoms with van der Waals surface area (Å²) in [4.78, 5) is 0. The van der Waals surface area contributed by atoms with Gasteiger partial charge in [-0.3, -0.25) is 0 Å². The lowest BCUT2D eigenvalue weighted by Gasteiger charge is -2.44. The lowest BCUT2D eigenvalue weighted by molar-refractivity contribution is -0.0515. The molecule has 0 aromatic carbocycles. The maximum absolute atomic E-state index is 11.0. The fourth-order valence-electron chi connectivity index (χ4n) is 4.07. The minimum absolute atomic E-state index is 0.0374. The van der Waals surface area contributed by atoms with Gasteiger partial charge in [-0.2, -0.15) is 0 Å². The number of hydrogen-bond donors (Lipinski definition) is 2. The summed E-state index contributed by atoms with van der Waals surface area (Å²) in [5, 5.41) is 20.5. The van der Waals surface area contributed by atoms with Crippen LogP contribution in [-0.2, 0) is 0 Å². The molecule has 1 saturated carbocycles. The van der Waals surface area contributed by atoms with E-state index in [9.17, 15) is 10.2 Å². The molecular weight excluding hydrogens is 212 g/mol. The van der Waals surface area contributed by atoms with Gasteiger partial charge in [-0.05, 0) is 38.7 Å². The van der Waals surface area contributed by atoms with Gasteiger partial charge in [-0.15, -0.1) is 0 Å². The molecule has 3 aliphatic carbocycles. The Balaban J connectivity index is 2.07. The Morgan fingerprint density at radius 3 is 2.53 bits per heavy atom. The molecule has 3 atom stereocenters. The Labute approximate surface area is 103 Å². The van der Waals surface area contributed by atoms with E-state index < -0.39 is 5.60 Å². The molecule has 0 radical (unpaired) electrons. The second-order valence-electron chi connectivity index (χ2n) is 6.77. The van der Waals surface area contributed by atoms with E-state index in [0.717, 1.165) is 19.3 Å². The summed E-state index contributed by atoms with van der Waals surface area (Å²) in [6.45, 7) is 6.39. The van der Waals surface area contributed by atoms with Gasteiger partial charge in [0.2, 0.25) is 0 Å². The van der Waals surface area contributed by atoms with Gasteiger partial charge in [-0.1, -0.05) is 24.6 Å². The van der Waals surface area contributed by atoms with E-state index in [4.69, 9.17) is 0 Å². The molecule has 0 bridgehead atoms. The maximum atomic E-state index is 11.0. The van der Waals surface area contributed by atoms with E-state index in [1.54, 1.807) is 0 Å². The van der Waals surface area contributed by atoms with Crippen molar-refractivity contribution in [2.75, 3.05) is 6.61 Å². The lowest BCUT2D eigenvalue weighted by Crippen LogP contribution is -2.47. The molecule has 2 N–H and O–H groups in total. The molecule has 0 aromatic heterocycles. The third-order valence-electron chi connectivity index (χ3n) is 5.48. The zero-order chi connectivity index (χ0) is 12.5. The van der Waals surface area contributed by atoms with E-state index in [0.29, 0.717) is 0 Å². The molecule has 1 fully saturated rings. The van der Waals surface area contributed by atoms with Gasteiger partial charge in [-0.25, -0.2) is 0 Å². The maximum Gasteiger partial charge on any atom is 0.0781 e. The summed E-state index contributed by atoms with van der Waals surface area (Å²) in [5.74, 6) is 0.200. The quantitative estimate of drug-likeness (QED) is 0.731. The predicted molar refractivity (Wildman–Crippen MR) is 67.4 cm³/mol. The van der Waals surface area contributed by atoms with Crippen LogP contribution in [0.4, 0.5) is 0 Å². The van der Waals surface area contributed by atoms with E-state index >= 15 is 0 Å². The van der Waals surface area contributed by atoms with Crippen LogP contribution in [0.15, 0.2) is 23.3 Å². The van der Waals surface area contributed by atoms with E-state index in [1.165, 1.54) is 11.1 Å². The SMILES string of the molecule is CC1=CC2=C[C@@](C)(CO)C[C@@H]2[C@@](C)(O)C12CC2. The van der Waals surface area contributed by atoms with Crippen molar-refractivity contribution in [1.82, 2.24) is 0 Å². The number of allylic oxidation sites excluding steroid dienone is 1. The molecule has 3 rings (SSSR count). The molecule has 0 aliphatic heterocycles. The lowest BCUT2D eigenvalue weighted by atomic mass is 9.65. The molecule has 1 spiro atoms. The molecule has 94 valence electrons. The van der Waals surface area contributed by atoms with Gasteiger partial charge in [0, 0.05) is 16.7 Å². The summed E-state index contributed by atoms with van der Waals surface area (Å²) < 4.78 is 0. The summed E-state index contributed by atoms with van der Waals surface area (Å²) in [5.41, 5.74) is 1.82. The highest BCUT2D eigenvalue weighted by atomic mass is 16.3. The van der Waals surface area contributed by atoms with Crippen LogP contribution in [-0.4, -0.2) is 22.4 Å². The Bertz CT molecular complexity index is 426. The first-order valence-corrected chi connectivity index (χ1v) is 6.59. The fraction of sp³-hybridized carbons (Fsp3) is 0.733. The number of rotatable bonds is 1. The van der Waals surface area contributed by atoms with Crippen LogP contribution >= 0.6 is 0 Å². The highest BCUT2D eigenvalue weighted by molar-refractivity contribution is 5.45. The van der Waals surface area contributed by atoms with Gasteiger partial charge in [0.05, 0.1) is 12.2 Å². The van der Waals surface area contributed by atoms with Crippen LogP contribution in [0.2, 0.25) is 0 Å². The third kappa shape index (κ3) is 1.28. The highest BCUT2D eigenvalue weighted by Gasteiger charge is 2.64. The van der Waals surface area contributed by atoms with Crippen molar-refractivity contribution in [3.63, 3.8) is 0 Å². The van der Waals surface area contributed by atoms with Crippen LogP contribution in [0.1, 0.15) is 40.0 Å². The van der Waals surface area contributed by atoms with Gasteiger partial charge in [0.25, 0.3) is 0 Å². The van der Waals surface area contributed by atoms with Crippen molar-refractivity contribution in [2.24, 2.45) is 16.7 Å². The van der Waals surface area contributed by atoms with Gasteiger partial charge < -0.3 is 10.2 Å². The monoisotopic (exact) mass is 234 g/mol. The highest BCUT2D eigenvalue weighted by Crippen LogP contribution is 2.67. The van der Waals surface area contributed by atoms with Gasteiger partial charge in [0.1, 0.15) is 0 Å². The zero-order valence-corrected chi connectivity index (χ0v) is 11.0. The zero-order valence-electron chi connectivity index (χ0n) is 11.0. The van der Waals surface area contributed by atoms with Crippen LogP contribution in [0, 0.1) is 16.7 Å². The van der Waals surface area contributed by atoms with Crippen molar-refractivity contribution in [2.45, 2.75) is 45.6 Å². The molecule has 3 aliphatic rings. The number of fused-ring (bicyclic) bond motifs is 1. The molecule has 0 heterocycles. The van der Waals surface area contributed by atoms with Crippen molar-refractivity contribution in [1.29, 1.82) is 0 Å². The second-order valence-corrected chi connectivity index (χ2v) is 6.77. The summed E-state index contributed by atoms with van der Waals surface area (Å²) >= 11 is 0. The number of aliphatic hydroxyl groups is 2. The van der Waals surface area contributed by atoms with E-state index in [-0.39, 0.29) is 23.4 Å². The van der Waals surface area contributed by atoms with Crippen molar-refractivity contribution in [3.8, 4) is 0 Å². The van der Waals surface area contributed by atoms with Gasteiger partial charge >= 0.3 is 0 Å². The first-order chi connectivity index (χ1) is 7.85.